The lowest BCUT2D eigenvalue weighted by Crippen LogP contribution is -2.35. The van der Waals surface area contributed by atoms with E-state index in [9.17, 15) is 4.79 Å². The molecular formula is C26H35BrN2O4. The van der Waals surface area contributed by atoms with Crippen LogP contribution in [-0.2, 0) is 24.1 Å². The summed E-state index contributed by atoms with van der Waals surface area (Å²) in [4.78, 5) is 17.2. The number of amides is 1. The summed E-state index contributed by atoms with van der Waals surface area (Å²) in [5.74, 6) is 2.52. The van der Waals surface area contributed by atoms with Gasteiger partial charge in [-0.2, -0.15) is 0 Å². The smallest absolute Gasteiger partial charge is 0.227 e. The highest BCUT2D eigenvalue weighted by atomic mass is 79.9. The van der Waals surface area contributed by atoms with Crippen LogP contribution in [0.25, 0.3) is 0 Å². The third kappa shape index (κ3) is 6.87. The van der Waals surface area contributed by atoms with Crippen LogP contribution in [-0.4, -0.2) is 70.3 Å². The van der Waals surface area contributed by atoms with Gasteiger partial charge in [0.05, 0.1) is 32.2 Å². The standard InChI is InChI=1S/C26H35BrN2O4/c1-28(11-5-7-19-8-9-23(31-2)25(15-19)33-4)12-6-13-29-14-10-20-16-22(27)24(32-3)17-21(20)18-26(29)30/h8-9,15-17H,5-7,10-14,18H2,1-4H3. The molecule has 0 bridgehead atoms. The summed E-state index contributed by atoms with van der Waals surface area (Å²) in [5.41, 5.74) is 3.56. The van der Waals surface area contributed by atoms with Crippen molar-refractivity contribution >= 4 is 21.8 Å². The van der Waals surface area contributed by atoms with E-state index < -0.39 is 0 Å². The van der Waals surface area contributed by atoms with Crippen LogP contribution >= 0.6 is 15.9 Å². The maximum absolute atomic E-state index is 12.8. The van der Waals surface area contributed by atoms with Gasteiger partial charge < -0.3 is 24.0 Å². The molecule has 1 amide bonds. The van der Waals surface area contributed by atoms with Crippen LogP contribution in [0.4, 0.5) is 0 Å². The lowest BCUT2D eigenvalue weighted by atomic mass is 10.0. The molecule has 7 heteroatoms. The van der Waals surface area contributed by atoms with Gasteiger partial charge in [0.15, 0.2) is 11.5 Å². The Hall–Kier alpha value is -2.25. The van der Waals surface area contributed by atoms with Crippen LogP contribution in [0.5, 0.6) is 17.2 Å². The van der Waals surface area contributed by atoms with Crippen molar-refractivity contribution in [2.75, 3.05) is 54.6 Å². The first-order valence-electron chi connectivity index (χ1n) is 11.5. The van der Waals surface area contributed by atoms with Gasteiger partial charge in [-0.1, -0.05) is 6.07 Å². The van der Waals surface area contributed by atoms with Crippen molar-refractivity contribution in [3.8, 4) is 17.2 Å². The van der Waals surface area contributed by atoms with Crippen molar-refractivity contribution in [3.05, 3.63) is 51.5 Å². The average molecular weight is 519 g/mol. The summed E-state index contributed by atoms with van der Waals surface area (Å²) < 4.78 is 17.0. The van der Waals surface area contributed by atoms with E-state index in [-0.39, 0.29) is 5.91 Å². The highest BCUT2D eigenvalue weighted by Gasteiger charge is 2.21. The summed E-state index contributed by atoms with van der Waals surface area (Å²) in [5, 5.41) is 0. The molecule has 0 saturated heterocycles. The van der Waals surface area contributed by atoms with Gasteiger partial charge in [0.25, 0.3) is 0 Å². The van der Waals surface area contributed by atoms with E-state index in [0.717, 1.165) is 79.1 Å². The first-order chi connectivity index (χ1) is 15.9. The molecule has 0 atom stereocenters. The Labute approximate surface area is 205 Å². The van der Waals surface area contributed by atoms with Crippen LogP contribution in [0, 0.1) is 0 Å². The number of benzene rings is 2. The Kier molecular flexibility index (Phi) is 9.44. The van der Waals surface area contributed by atoms with Gasteiger partial charge in [-0.3, -0.25) is 4.79 Å². The maximum atomic E-state index is 12.8. The number of hydrogen-bond donors (Lipinski definition) is 0. The van der Waals surface area contributed by atoms with Gasteiger partial charge in [-0.25, -0.2) is 0 Å². The second kappa shape index (κ2) is 12.3. The van der Waals surface area contributed by atoms with Gasteiger partial charge in [-0.15, -0.1) is 0 Å². The van der Waals surface area contributed by atoms with Crippen LogP contribution in [0.3, 0.4) is 0 Å². The summed E-state index contributed by atoms with van der Waals surface area (Å²) >= 11 is 3.56. The van der Waals surface area contributed by atoms with Crippen molar-refractivity contribution in [2.45, 2.75) is 32.1 Å². The molecule has 1 aliphatic rings. The molecule has 1 heterocycles. The van der Waals surface area contributed by atoms with E-state index in [0.29, 0.717) is 6.42 Å². The topological polar surface area (TPSA) is 51.2 Å². The highest BCUT2D eigenvalue weighted by molar-refractivity contribution is 9.10. The molecule has 6 nitrogen and oxygen atoms in total. The quantitative estimate of drug-likeness (QED) is 0.442. The normalized spacial score (nSPS) is 13.6. The van der Waals surface area contributed by atoms with Gasteiger partial charge in [0, 0.05) is 13.1 Å². The van der Waals surface area contributed by atoms with E-state index in [4.69, 9.17) is 14.2 Å². The number of aryl methyl sites for hydroxylation is 1. The Bertz CT molecular complexity index is 950. The molecule has 33 heavy (non-hydrogen) atoms. The second-order valence-corrected chi connectivity index (χ2v) is 9.37. The van der Waals surface area contributed by atoms with Crippen molar-refractivity contribution in [1.29, 1.82) is 0 Å². The minimum absolute atomic E-state index is 0.203. The third-order valence-electron chi connectivity index (χ3n) is 6.24. The van der Waals surface area contributed by atoms with Crippen LogP contribution in [0.1, 0.15) is 29.5 Å². The minimum Gasteiger partial charge on any atom is -0.496 e. The number of ether oxygens (including phenoxy) is 3. The zero-order valence-electron chi connectivity index (χ0n) is 20.2. The lowest BCUT2D eigenvalue weighted by Gasteiger charge is -2.23. The fraction of sp³-hybridized carbons (Fsp3) is 0.500. The van der Waals surface area contributed by atoms with Gasteiger partial charge in [0.1, 0.15) is 5.75 Å². The molecule has 0 aliphatic carbocycles. The van der Waals surface area contributed by atoms with Crippen LogP contribution in [0.2, 0.25) is 0 Å². The SMILES string of the molecule is COc1cc2c(cc1Br)CCN(CCCN(C)CCCc1ccc(OC)c(OC)c1)C(=O)C2. The molecule has 0 N–H and O–H groups in total. The largest absolute Gasteiger partial charge is 0.496 e. The molecule has 1 aliphatic heterocycles. The molecular weight excluding hydrogens is 484 g/mol. The summed E-state index contributed by atoms with van der Waals surface area (Å²) in [6.07, 6.45) is 4.36. The zero-order chi connectivity index (χ0) is 23.8. The fourth-order valence-electron chi connectivity index (χ4n) is 4.31. The predicted octanol–water partition coefficient (Wildman–Crippen LogP) is 4.36. The first-order valence-corrected chi connectivity index (χ1v) is 12.3. The number of rotatable bonds is 11. The number of hydrogen-bond acceptors (Lipinski definition) is 5. The second-order valence-electron chi connectivity index (χ2n) is 8.51. The summed E-state index contributed by atoms with van der Waals surface area (Å²) in [6.45, 7) is 3.56. The molecule has 0 saturated carbocycles. The van der Waals surface area contributed by atoms with Crippen molar-refractivity contribution in [2.24, 2.45) is 0 Å². The van der Waals surface area contributed by atoms with Gasteiger partial charge in [0.2, 0.25) is 5.91 Å². The van der Waals surface area contributed by atoms with E-state index in [1.54, 1.807) is 21.3 Å². The van der Waals surface area contributed by atoms with E-state index in [2.05, 4.69) is 46.1 Å². The summed E-state index contributed by atoms with van der Waals surface area (Å²) in [6, 6.07) is 10.2. The Morgan fingerprint density at radius 2 is 1.67 bits per heavy atom. The number of fused-ring (bicyclic) bond motifs is 1. The van der Waals surface area contributed by atoms with E-state index >= 15 is 0 Å². The summed E-state index contributed by atoms with van der Waals surface area (Å²) in [7, 11) is 7.12. The van der Waals surface area contributed by atoms with E-state index in [1.165, 1.54) is 11.1 Å². The van der Waals surface area contributed by atoms with Crippen LogP contribution in [0.15, 0.2) is 34.8 Å². The highest BCUT2D eigenvalue weighted by Crippen LogP contribution is 2.31. The molecule has 0 aromatic heterocycles. The molecule has 0 fully saturated rings. The average Bonchev–Trinajstić information content (AvgIpc) is 2.96. The zero-order valence-corrected chi connectivity index (χ0v) is 21.7. The third-order valence-corrected chi connectivity index (χ3v) is 6.86. The van der Waals surface area contributed by atoms with Crippen molar-refractivity contribution in [3.63, 3.8) is 0 Å². The molecule has 0 spiro atoms. The number of nitrogens with zero attached hydrogens (tertiary/aromatic N) is 2. The number of carbonyl (C=O) groups is 1. The van der Waals surface area contributed by atoms with Crippen molar-refractivity contribution < 1.29 is 19.0 Å². The Morgan fingerprint density at radius 1 is 0.939 bits per heavy atom. The number of halogens is 1. The maximum Gasteiger partial charge on any atom is 0.227 e. The lowest BCUT2D eigenvalue weighted by molar-refractivity contribution is -0.130. The monoisotopic (exact) mass is 518 g/mol. The minimum atomic E-state index is 0.203. The number of methoxy groups -OCH3 is 3. The first kappa shape index (κ1) is 25.4. The Morgan fingerprint density at radius 3 is 2.39 bits per heavy atom. The van der Waals surface area contributed by atoms with Gasteiger partial charge >= 0.3 is 0 Å². The molecule has 3 rings (SSSR count). The predicted molar refractivity (Wildman–Crippen MR) is 135 cm³/mol. The molecule has 2 aromatic carbocycles. The number of carbonyl (C=O) groups excluding carboxylic acids is 1. The molecule has 0 radical (unpaired) electrons. The Balaban J connectivity index is 1.41. The molecule has 2 aromatic rings. The molecule has 180 valence electrons. The van der Waals surface area contributed by atoms with Crippen molar-refractivity contribution in [1.82, 2.24) is 9.80 Å². The molecule has 0 unspecified atom stereocenters. The van der Waals surface area contributed by atoms with Gasteiger partial charge in [-0.05, 0) is 103 Å². The fourth-order valence-corrected chi connectivity index (χ4v) is 4.87. The van der Waals surface area contributed by atoms with Crippen LogP contribution < -0.4 is 14.2 Å². The van der Waals surface area contributed by atoms with E-state index in [1.807, 2.05) is 17.0 Å².